The summed E-state index contributed by atoms with van der Waals surface area (Å²) in [6.45, 7) is 0.348. The van der Waals surface area contributed by atoms with Crippen molar-refractivity contribution in [3.63, 3.8) is 0 Å². The molecule has 0 aromatic heterocycles. The minimum absolute atomic E-state index is 0.158. The molecule has 1 aromatic carbocycles. The Morgan fingerprint density at radius 1 is 1.29 bits per heavy atom. The summed E-state index contributed by atoms with van der Waals surface area (Å²) in [4.78, 5) is 14.1. The highest BCUT2D eigenvalue weighted by molar-refractivity contribution is 5.97. The second kappa shape index (κ2) is 6.35. The van der Waals surface area contributed by atoms with Gasteiger partial charge >= 0.3 is 0 Å². The van der Waals surface area contributed by atoms with Crippen molar-refractivity contribution in [2.75, 3.05) is 27.8 Å². The van der Waals surface area contributed by atoms with Crippen LogP contribution in [0, 0.1) is 0 Å². The van der Waals surface area contributed by atoms with E-state index in [0.29, 0.717) is 23.6 Å². The lowest BCUT2D eigenvalue weighted by atomic mass is 10.0. The fourth-order valence-corrected chi connectivity index (χ4v) is 2.89. The molecule has 2 rings (SSSR count). The number of methoxy groups -OCH3 is 2. The summed E-state index contributed by atoms with van der Waals surface area (Å²) < 4.78 is 10.4. The molecule has 0 spiro atoms. The molecule has 0 heterocycles. The highest BCUT2D eigenvalue weighted by Crippen LogP contribution is 2.31. The maximum absolute atomic E-state index is 12.5. The monoisotopic (exact) mass is 293 g/mol. The molecule has 0 unspecified atom stereocenters. The molecule has 1 N–H and O–H groups in total. The number of benzene rings is 1. The van der Waals surface area contributed by atoms with Crippen LogP contribution < -0.4 is 9.47 Å². The Balaban J connectivity index is 2.15. The molecule has 0 atom stereocenters. The van der Waals surface area contributed by atoms with Crippen molar-refractivity contribution in [3.8, 4) is 11.5 Å². The Morgan fingerprint density at radius 3 is 2.52 bits per heavy atom. The normalized spacial score (nSPS) is 16.6. The van der Waals surface area contributed by atoms with Crippen molar-refractivity contribution < 1.29 is 19.4 Å². The Morgan fingerprint density at radius 2 is 1.95 bits per heavy atom. The number of amides is 1. The molecule has 1 aliphatic carbocycles. The van der Waals surface area contributed by atoms with Crippen molar-refractivity contribution in [2.45, 2.75) is 31.3 Å². The van der Waals surface area contributed by atoms with Crippen LogP contribution >= 0.6 is 0 Å². The molecule has 1 aromatic rings. The first-order valence-corrected chi connectivity index (χ1v) is 7.19. The predicted molar refractivity (Wildman–Crippen MR) is 79.9 cm³/mol. The van der Waals surface area contributed by atoms with Gasteiger partial charge in [0, 0.05) is 19.7 Å². The summed E-state index contributed by atoms with van der Waals surface area (Å²) in [7, 11) is 4.80. The van der Waals surface area contributed by atoms with Gasteiger partial charge in [-0.05, 0) is 25.0 Å². The van der Waals surface area contributed by atoms with Crippen molar-refractivity contribution in [1.29, 1.82) is 0 Å². The molecule has 0 saturated heterocycles. The lowest BCUT2D eigenvalue weighted by Gasteiger charge is -2.29. The summed E-state index contributed by atoms with van der Waals surface area (Å²) in [5.74, 6) is 0.958. The van der Waals surface area contributed by atoms with E-state index in [9.17, 15) is 9.90 Å². The third-order valence-electron chi connectivity index (χ3n) is 4.05. The van der Waals surface area contributed by atoms with Crippen molar-refractivity contribution >= 4 is 5.91 Å². The van der Waals surface area contributed by atoms with Gasteiger partial charge in [0.25, 0.3) is 5.91 Å². The van der Waals surface area contributed by atoms with Crippen LogP contribution in [0.25, 0.3) is 0 Å². The number of ether oxygens (including phenoxy) is 2. The smallest absolute Gasteiger partial charge is 0.257 e. The topological polar surface area (TPSA) is 59.0 Å². The van der Waals surface area contributed by atoms with Gasteiger partial charge < -0.3 is 19.5 Å². The number of carbonyl (C=O) groups excluding carboxylic acids is 1. The van der Waals surface area contributed by atoms with Crippen LogP contribution in [-0.2, 0) is 0 Å². The maximum Gasteiger partial charge on any atom is 0.257 e. The van der Waals surface area contributed by atoms with E-state index in [2.05, 4.69) is 0 Å². The van der Waals surface area contributed by atoms with Crippen LogP contribution in [0.5, 0.6) is 11.5 Å². The second-order valence-corrected chi connectivity index (χ2v) is 5.66. The van der Waals surface area contributed by atoms with Gasteiger partial charge in [-0.15, -0.1) is 0 Å². The molecule has 1 fully saturated rings. The zero-order chi connectivity index (χ0) is 15.5. The van der Waals surface area contributed by atoms with E-state index in [-0.39, 0.29) is 5.91 Å². The van der Waals surface area contributed by atoms with E-state index in [1.807, 2.05) is 0 Å². The third kappa shape index (κ3) is 3.47. The molecular formula is C16H23NO4. The Hall–Kier alpha value is -1.75. The second-order valence-electron chi connectivity index (χ2n) is 5.66. The van der Waals surface area contributed by atoms with E-state index in [1.165, 1.54) is 7.11 Å². The van der Waals surface area contributed by atoms with Gasteiger partial charge in [-0.2, -0.15) is 0 Å². The number of aliphatic hydroxyl groups is 1. The van der Waals surface area contributed by atoms with Crippen LogP contribution in [0.15, 0.2) is 18.2 Å². The summed E-state index contributed by atoms with van der Waals surface area (Å²) >= 11 is 0. The number of carbonyl (C=O) groups is 1. The van der Waals surface area contributed by atoms with Crippen LogP contribution in [0.4, 0.5) is 0 Å². The average molecular weight is 293 g/mol. The van der Waals surface area contributed by atoms with Crippen molar-refractivity contribution in [2.24, 2.45) is 0 Å². The molecule has 5 nitrogen and oxygen atoms in total. The fourth-order valence-electron chi connectivity index (χ4n) is 2.89. The minimum atomic E-state index is -0.746. The van der Waals surface area contributed by atoms with Gasteiger partial charge in [0.1, 0.15) is 11.5 Å². The molecule has 0 bridgehead atoms. The minimum Gasteiger partial charge on any atom is -0.497 e. The molecule has 5 heteroatoms. The fraction of sp³-hybridized carbons (Fsp3) is 0.562. The van der Waals surface area contributed by atoms with Gasteiger partial charge in [-0.3, -0.25) is 4.79 Å². The Bertz CT molecular complexity index is 509. The molecule has 21 heavy (non-hydrogen) atoms. The Kier molecular flexibility index (Phi) is 4.73. The van der Waals surface area contributed by atoms with E-state index < -0.39 is 5.60 Å². The van der Waals surface area contributed by atoms with Crippen LogP contribution in [0.3, 0.4) is 0 Å². The van der Waals surface area contributed by atoms with E-state index >= 15 is 0 Å². The zero-order valence-corrected chi connectivity index (χ0v) is 12.9. The van der Waals surface area contributed by atoms with Gasteiger partial charge in [-0.1, -0.05) is 12.8 Å². The van der Waals surface area contributed by atoms with E-state index in [4.69, 9.17) is 9.47 Å². The lowest BCUT2D eigenvalue weighted by Crippen LogP contribution is -2.42. The third-order valence-corrected chi connectivity index (χ3v) is 4.05. The molecule has 0 radical (unpaired) electrons. The number of nitrogens with zero attached hydrogens (tertiary/aromatic N) is 1. The number of hydrogen-bond donors (Lipinski definition) is 1. The van der Waals surface area contributed by atoms with Gasteiger partial charge in [0.05, 0.1) is 25.4 Å². The molecule has 116 valence electrons. The van der Waals surface area contributed by atoms with Crippen LogP contribution in [0.2, 0.25) is 0 Å². The average Bonchev–Trinajstić information content (AvgIpc) is 2.91. The van der Waals surface area contributed by atoms with Crippen LogP contribution in [-0.4, -0.2) is 49.3 Å². The molecular weight excluding hydrogens is 270 g/mol. The SMILES string of the molecule is COc1ccc(C(=O)N(C)CC2(O)CCCC2)c(OC)c1. The van der Waals surface area contributed by atoms with Crippen LogP contribution in [0.1, 0.15) is 36.0 Å². The first kappa shape index (κ1) is 15.6. The van der Waals surface area contributed by atoms with E-state index in [1.54, 1.807) is 37.3 Å². The largest absolute Gasteiger partial charge is 0.497 e. The number of likely N-dealkylation sites (N-methyl/N-ethyl adjacent to an activating group) is 1. The quantitative estimate of drug-likeness (QED) is 0.903. The predicted octanol–water partition coefficient (Wildman–Crippen LogP) is 2.08. The van der Waals surface area contributed by atoms with Gasteiger partial charge in [-0.25, -0.2) is 0 Å². The number of hydrogen-bond acceptors (Lipinski definition) is 4. The summed E-state index contributed by atoms with van der Waals surface area (Å²) in [6, 6.07) is 5.11. The molecule has 0 aliphatic heterocycles. The summed E-state index contributed by atoms with van der Waals surface area (Å²) in [5.41, 5.74) is -0.271. The number of rotatable bonds is 5. The zero-order valence-electron chi connectivity index (χ0n) is 12.9. The van der Waals surface area contributed by atoms with Gasteiger partial charge in [0.15, 0.2) is 0 Å². The van der Waals surface area contributed by atoms with Crippen molar-refractivity contribution in [3.05, 3.63) is 23.8 Å². The lowest BCUT2D eigenvalue weighted by molar-refractivity contribution is 0.0155. The highest BCUT2D eigenvalue weighted by atomic mass is 16.5. The highest BCUT2D eigenvalue weighted by Gasteiger charge is 2.34. The molecule has 1 amide bonds. The molecule has 1 saturated carbocycles. The maximum atomic E-state index is 12.5. The Labute approximate surface area is 125 Å². The molecule has 1 aliphatic rings. The first-order chi connectivity index (χ1) is 9.99. The van der Waals surface area contributed by atoms with E-state index in [0.717, 1.165) is 25.7 Å². The summed E-state index contributed by atoms with van der Waals surface area (Å²) in [6.07, 6.45) is 3.55. The standard InChI is InChI=1S/C16H23NO4/c1-17(11-16(19)8-4-5-9-16)15(18)13-7-6-12(20-2)10-14(13)21-3/h6-7,10,19H,4-5,8-9,11H2,1-3H3. The van der Waals surface area contributed by atoms with Gasteiger partial charge in [0.2, 0.25) is 0 Å². The van der Waals surface area contributed by atoms with Crippen molar-refractivity contribution in [1.82, 2.24) is 4.90 Å². The first-order valence-electron chi connectivity index (χ1n) is 7.19. The summed E-state index contributed by atoms with van der Waals surface area (Å²) in [5, 5.41) is 10.4.